The zero-order valence-corrected chi connectivity index (χ0v) is 18.9. The van der Waals surface area contributed by atoms with E-state index in [2.05, 4.69) is 0 Å². The van der Waals surface area contributed by atoms with E-state index in [1.54, 1.807) is 24.3 Å². The third-order valence-electron chi connectivity index (χ3n) is 5.63. The quantitative estimate of drug-likeness (QED) is 0.288. The first-order valence-electron chi connectivity index (χ1n) is 11.2. The van der Waals surface area contributed by atoms with Crippen LogP contribution in [0.25, 0.3) is 16.8 Å². The second-order valence-corrected chi connectivity index (χ2v) is 7.88. The Bertz CT molecular complexity index is 1260. The lowest BCUT2D eigenvalue weighted by molar-refractivity contribution is -0.118. The van der Waals surface area contributed by atoms with Crippen molar-refractivity contribution < 1.29 is 23.5 Å². The smallest absolute Gasteiger partial charge is 0.338 e. The molecule has 0 spiro atoms. The number of carbonyl (C=O) groups excluding carboxylic acids is 2. The van der Waals surface area contributed by atoms with Crippen molar-refractivity contribution >= 4 is 17.4 Å². The number of ketones is 1. The monoisotopic (exact) mass is 470 g/mol. The molecule has 176 valence electrons. The maximum absolute atomic E-state index is 13.5. The maximum atomic E-state index is 13.5. The van der Waals surface area contributed by atoms with Gasteiger partial charge in [0.2, 0.25) is 5.78 Å². The summed E-state index contributed by atoms with van der Waals surface area (Å²) in [5, 5.41) is 9.83. The number of morpholine rings is 1. The Balaban J connectivity index is 1.51. The number of benzene rings is 3. The molecule has 0 aromatic heterocycles. The van der Waals surface area contributed by atoms with Gasteiger partial charge < -0.3 is 14.4 Å². The van der Waals surface area contributed by atoms with Gasteiger partial charge in [0, 0.05) is 13.1 Å². The van der Waals surface area contributed by atoms with E-state index in [0.29, 0.717) is 43.1 Å². The number of rotatable bonds is 7. The first kappa shape index (κ1) is 23.9. The van der Waals surface area contributed by atoms with Gasteiger partial charge >= 0.3 is 5.97 Å². The standard InChI is InChI=1S/C28H23FN2O4/c29-24-12-10-22(11-13-24)27(31-14-16-34-17-15-31)25(18-30)26(32)19-35-28(33)23-8-6-21(7-9-23)20-4-2-1-3-5-20/h1-13H,14-17,19H2/b27-25+. The Hall–Kier alpha value is -4.28. The number of nitriles is 1. The molecule has 0 radical (unpaired) electrons. The molecular formula is C28H23FN2O4. The molecule has 0 unspecified atom stereocenters. The van der Waals surface area contributed by atoms with Crippen molar-refractivity contribution in [2.24, 2.45) is 0 Å². The molecule has 0 bridgehead atoms. The molecule has 3 aromatic rings. The van der Waals surface area contributed by atoms with Gasteiger partial charge in [-0.1, -0.05) is 42.5 Å². The Morgan fingerprint density at radius 1 is 0.886 bits per heavy atom. The molecule has 6 nitrogen and oxygen atoms in total. The molecule has 4 rings (SSSR count). The third-order valence-corrected chi connectivity index (χ3v) is 5.63. The van der Waals surface area contributed by atoms with Crippen LogP contribution in [0, 0.1) is 17.1 Å². The molecule has 0 aliphatic carbocycles. The van der Waals surface area contributed by atoms with Crippen LogP contribution in [0.4, 0.5) is 4.39 Å². The second kappa shape index (κ2) is 11.2. The predicted octanol–water partition coefficient (Wildman–Crippen LogP) is 4.49. The van der Waals surface area contributed by atoms with E-state index in [0.717, 1.165) is 11.1 Å². The molecule has 1 aliphatic rings. The molecule has 1 heterocycles. The summed E-state index contributed by atoms with van der Waals surface area (Å²) in [6, 6.07) is 24.1. The van der Waals surface area contributed by atoms with Crippen molar-refractivity contribution in [1.82, 2.24) is 4.90 Å². The van der Waals surface area contributed by atoms with Gasteiger partial charge in [-0.15, -0.1) is 0 Å². The first-order valence-corrected chi connectivity index (χ1v) is 11.2. The summed E-state index contributed by atoms with van der Waals surface area (Å²) >= 11 is 0. The molecule has 0 saturated carbocycles. The fourth-order valence-corrected chi connectivity index (χ4v) is 3.84. The number of carbonyl (C=O) groups is 2. The largest absolute Gasteiger partial charge is 0.454 e. The van der Waals surface area contributed by atoms with Gasteiger partial charge in [-0.3, -0.25) is 4.79 Å². The van der Waals surface area contributed by atoms with Gasteiger partial charge in [0.1, 0.15) is 17.5 Å². The normalized spacial score (nSPS) is 14.0. The molecule has 0 N–H and O–H groups in total. The van der Waals surface area contributed by atoms with Gasteiger partial charge in [0.25, 0.3) is 0 Å². The summed E-state index contributed by atoms with van der Waals surface area (Å²) < 4.78 is 24.1. The fourth-order valence-electron chi connectivity index (χ4n) is 3.84. The number of hydrogen-bond donors (Lipinski definition) is 0. The van der Waals surface area contributed by atoms with Gasteiger partial charge in [-0.25, -0.2) is 9.18 Å². The lowest BCUT2D eigenvalue weighted by Gasteiger charge is -2.32. The number of hydrogen-bond acceptors (Lipinski definition) is 6. The van der Waals surface area contributed by atoms with Crippen molar-refractivity contribution in [3.05, 3.63) is 101 Å². The van der Waals surface area contributed by atoms with Crippen LogP contribution in [0.2, 0.25) is 0 Å². The highest BCUT2D eigenvalue weighted by Crippen LogP contribution is 2.25. The lowest BCUT2D eigenvalue weighted by Crippen LogP contribution is -2.36. The number of halogens is 1. The summed E-state index contributed by atoms with van der Waals surface area (Å²) in [7, 11) is 0. The zero-order chi connectivity index (χ0) is 24.6. The highest BCUT2D eigenvalue weighted by atomic mass is 19.1. The second-order valence-electron chi connectivity index (χ2n) is 7.88. The van der Waals surface area contributed by atoms with Crippen LogP contribution in [0.3, 0.4) is 0 Å². The molecule has 1 fully saturated rings. The Labute approximate surface area is 202 Å². The fraction of sp³-hybridized carbons (Fsp3) is 0.179. The van der Waals surface area contributed by atoms with Crippen LogP contribution < -0.4 is 0 Å². The van der Waals surface area contributed by atoms with Crippen molar-refractivity contribution in [3.8, 4) is 17.2 Å². The van der Waals surface area contributed by atoms with Crippen LogP contribution in [0.5, 0.6) is 0 Å². The molecular weight excluding hydrogens is 447 g/mol. The average molecular weight is 471 g/mol. The molecule has 1 aliphatic heterocycles. The molecule has 0 amide bonds. The summed E-state index contributed by atoms with van der Waals surface area (Å²) in [5.74, 6) is -1.72. The maximum Gasteiger partial charge on any atom is 0.338 e. The van der Waals surface area contributed by atoms with E-state index < -0.39 is 24.2 Å². The first-order chi connectivity index (χ1) is 17.1. The zero-order valence-electron chi connectivity index (χ0n) is 18.9. The van der Waals surface area contributed by atoms with Crippen LogP contribution in [0.1, 0.15) is 15.9 Å². The van der Waals surface area contributed by atoms with Crippen molar-refractivity contribution in [1.29, 1.82) is 5.26 Å². The highest BCUT2D eigenvalue weighted by Gasteiger charge is 2.25. The Morgan fingerprint density at radius 3 is 2.11 bits per heavy atom. The predicted molar refractivity (Wildman–Crippen MR) is 128 cm³/mol. The third kappa shape index (κ3) is 5.81. The minimum absolute atomic E-state index is 0.147. The van der Waals surface area contributed by atoms with Gasteiger partial charge in [-0.2, -0.15) is 5.26 Å². The minimum atomic E-state index is -0.662. The van der Waals surface area contributed by atoms with Crippen LogP contribution >= 0.6 is 0 Å². The molecule has 0 atom stereocenters. The number of ether oxygens (including phenoxy) is 2. The van der Waals surface area contributed by atoms with Gasteiger partial charge in [0.05, 0.1) is 24.5 Å². The van der Waals surface area contributed by atoms with E-state index in [1.807, 2.05) is 41.3 Å². The van der Waals surface area contributed by atoms with Crippen molar-refractivity contribution in [2.45, 2.75) is 0 Å². The Morgan fingerprint density at radius 2 is 1.49 bits per heavy atom. The summed E-state index contributed by atoms with van der Waals surface area (Å²) in [5.41, 5.74) is 3.02. The van der Waals surface area contributed by atoms with E-state index in [4.69, 9.17) is 9.47 Å². The number of nitrogens with zero attached hydrogens (tertiary/aromatic N) is 2. The average Bonchev–Trinajstić information content (AvgIpc) is 2.92. The van der Waals surface area contributed by atoms with Crippen LogP contribution in [0.15, 0.2) is 84.4 Å². The summed E-state index contributed by atoms with van der Waals surface area (Å²) in [6.45, 7) is 1.23. The molecule has 3 aromatic carbocycles. The summed E-state index contributed by atoms with van der Waals surface area (Å²) in [6.07, 6.45) is 0. The van der Waals surface area contributed by atoms with Crippen molar-refractivity contribution in [2.75, 3.05) is 32.9 Å². The Kier molecular flexibility index (Phi) is 7.66. The SMILES string of the molecule is N#C/C(C(=O)COC(=O)c1ccc(-c2ccccc2)cc1)=C(/c1ccc(F)cc1)N1CCOCC1. The highest BCUT2D eigenvalue weighted by molar-refractivity contribution is 6.07. The number of Topliss-reactive ketones (excluding diaryl/α,β-unsaturated/α-hetero) is 1. The topological polar surface area (TPSA) is 79.6 Å². The number of esters is 1. The van der Waals surface area contributed by atoms with Gasteiger partial charge in [0.15, 0.2) is 6.61 Å². The van der Waals surface area contributed by atoms with E-state index >= 15 is 0 Å². The minimum Gasteiger partial charge on any atom is -0.454 e. The summed E-state index contributed by atoms with van der Waals surface area (Å²) in [4.78, 5) is 27.4. The van der Waals surface area contributed by atoms with E-state index in [9.17, 15) is 19.2 Å². The molecule has 1 saturated heterocycles. The molecule has 35 heavy (non-hydrogen) atoms. The molecule has 7 heteroatoms. The van der Waals surface area contributed by atoms with E-state index in [1.165, 1.54) is 24.3 Å². The van der Waals surface area contributed by atoms with Gasteiger partial charge in [-0.05, 0) is 53.1 Å². The van der Waals surface area contributed by atoms with E-state index in [-0.39, 0.29) is 5.57 Å². The van der Waals surface area contributed by atoms with Crippen LogP contribution in [-0.4, -0.2) is 49.6 Å². The van der Waals surface area contributed by atoms with Crippen LogP contribution in [-0.2, 0) is 14.3 Å². The van der Waals surface area contributed by atoms with Crippen molar-refractivity contribution in [3.63, 3.8) is 0 Å². The lowest BCUT2D eigenvalue weighted by atomic mass is 10.0.